The van der Waals surface area contributed by atoms with Gasteiger partial charge in [0.2, 0.25) is 5.91 Å². The zero-order valence-electron chi connectivity index (χ0n) is 15.5. The molecular weight excluding hydrogens is 411 g/mol. The summed E-state index contributed by atoms with van der Waals surface area (Å²) >= 11 is 11.9. The number of anilines is 2. The number of para-hydroxylation sites is 1. The molecule has 3 aromatic carbocycles. The topological polar surface area (TPSA) is 59.6 Å². The molecule has 2 N–H and O–H groups in total. The summed E-state index contributed by atoms with van der Waals surface area (Å²) in [6, 6.07) is 21.8. The summed E-state index contributed by atoms with van der Waals surface area (Å²) in [4.78, 5) is 12.1. The molecule has 0 unspecified atom stereocenters. The molecule has 0 fully saturated rings. The zero-order chi connectivity index (χ0) is 20.5. The molecule has 3 aromatic rings. The van der Waals surface area contributed by atoms with Gasteiger partial charge in [-0.2, -0.15) is 0 Å². The van der Waals surface area contributed by atoms with E-state index in [0.29, 0.717) is 28.9 Å². The van der Waals surface area contributed by atoms with Crippen molar-refractivity contribution in [3.8, 4) is 11.5 Å². The molecule has 0 bridgehead atoms. The lowest BCUT2D eigenvalue weighted by Gasteiger charge is -2.10. The first-order chi connectivity index (χ1) is 14.1. The van der Waals surface area contributed by atoms with Crippen LogP contribution in [0.15, 0.2) is 72.8 Å². The largest absolute Gasteiger partial charge is 0.490 e. The SMILES string of the molecule is O=C(CNc1ccc(OCCOc2ccccc2)cc1)Nc1cc(Cl)cc(Cl)c1. The van der Waals surface area contributed by atoms with Gasteiger partial charge in [0.15, 0.2) is 0 Å². The minimum absolute atomic E-state index is 0.106. The van der Waals surface area contributed by atoms with Gasteiger partial charge in [-0.3, -0.25) is 4.79 Å². The summed E-state index contributed by atoms with van der Waals surface area (Å²) in [6.45, 7) is 0.999. The molecule has 0 aliphatic heterocycles. The van der Waals surface area contributed by atoms with Crippen LogP contribution < -0.4 is 20.1 Å². The monoisotopic (exact) mass is 430 g/mol. The van der Waals surface area contributed by atoms with Crippen LogP contribution in [0, 0.1) is 0 Å². The summed E-state index contributed by atoms with van der Waals surface area (Å²) in [7, 11) is 0. The number of halogens is 2. The molecule has 0 spiro atoms. The molecule has 0 aromatic heterocycles. The van der Waals surface area contributed by atoms with E-state index in [4.69, 9.17) is 32.7 Å². The van der Waals surface area contributed by atoms with Crippen LogP contribution in [0.2, 0.25) is 10.0 Å². The van der Waals surface area contributed by atoms with E-state index in [1.807, 2.05) is 54.6 Å². The van der Waals surface area contributed by atoms with Crippen molar-refractivity contribution in [1.82, 2.24) is 0 Å². The van der Waals surface area contributed by atoms with Crippen LogP contribution in [0.25, 0.3) is 0 Å². The molecule has 0 saturated heterocycles. The Morgan fingerprint density at radius 1 is 0.759 bits per heavy atom. The smallest absolute Gasteiger partial charge is 0.243 e. The van der Waals surface area contributed by atoms with Crippen LogP contribution in [0.1, 0.15) is 0 Å². The highest BCUT2D eigenvalue weighted by atomic mass is 35.5. The van der Waals surface area contributed by atoms with Gasteiger partial charge in [0.1, 0.15) is 24.7 Å². The molecule has 0 atom stereocenters. The van der Waals surface area contributed by atoms with E-state index in [1.165, 1.54) is 0 Å². The molecule has 5 nitrogen and oxygen atoms in total. The number of carbonyl (C=O) groups is 1. The Hall–Kier alpha value is -2.89. The second-order valence-corrected chi connectivity index (χ2v) is 6.97. The average molecular weight is 431 g/mol. The summed E-state index contributed by atoms with van der Waals surface area (Å²) in [5.74, 6) is 1.33. The molecule has 7 heteroatoms. The highest BCUT2D eigenvalue weighted by molar-refractivity contribution is 6.35. The number of carbonyl (C=O) groups excluding carboxylic acids is 1. The normalized spacial score (nSPS) is 10.3. The van der Waals surface area contributed by atoms with Gasteiger partial charge in [0, 0.05) is 21.4 Å². The number of ether oxygens (including phenoxy) is 2. The number of hydrogen-bond donors (Lipinski definition) is 2. The molecule has 150 valence electrons. The van der Waals surface area contributed by atoms with Gasteiger partial charge in [-0.15, -0.1) is 0 Å². The Morgan fingerprint density at radius 2 is 1.34 bits per heavy atom. The molecule has 0 saturated carbocycles. The zero-order valence-corrected chi connectivity index (χ0v) is 17.0. The van der Waals surface area contributed by atoms with E-state index in [2.05, 4.69) is 10.6 Å². The Morgan fingerprint density at radius 3 is 1.97 bits per heavy atom. The first kappa shape index (κ1) is 20.8. The fourth-order valence-electron chi connectivity index (χ4n) is 2.52. The molecule has 29 heavy (non-hydrogen) atoms. The van der Waals surface area contributed by atoms with Crippen molar-refractivity contribution in [2.45, 2.75) is 0 Å². The minimum Gasteiger partial charge on any atom is -0.490 e. The van der Waals surface area contributed by atoms with Crippen molar-refractivity contribution in [3.05, 3.63) is 82.8 Å². The number of amides is 1. The van der Waals surface area contributed by atoms with Crippen molar-refractivity contribution < 1.29 is 14.3 Å². The standard InChI is InChI=1S/C22H20Cl2N2O3/c23-16-12-17(24)14-19(13-16)26-22(27)15-25-18-6-8-21(9-7-18)29-11-10-28-20-4-2-1-3-5-20/h1-9,12-14,25H,10-11,15H2,(H,26,27). The van der Waals surface area contributed by atoms with E-state index >= 15 is 0 Å². The van der Waals surface area contributed by atoms with Crippen molar-refractivity contribution in [2.24, 2.45) is 0 Å². The molecule has 0 heterocycles. The maximum atomic E-state index is 12.1. The van der Waals surface area contributed by atoms with Crippen molar-refractivity contribution >= 4 is 40.5 Å². The molecule has 1 amide bonds. The molecule has 3 rings (SSSR count). The molecular formula is C22H20Cl2N2O3. The fourth-order valence-corrected chi connectivity index (χ4v) is 3.04. The molecule has 0 aliphatic rings. The maximum Gasteiger partial charge on any atom is 0.243 e. The highest BCUT2D eigenvalue weighted by Gasteiger charge is 2.05. The number of rotatable bonds is 9. The average Bonchev–Trinajstić information content (AvgIpc) is 2.70. The van der Waals surface area contributed by atoms with E-state index < -0.39 is 0 Å². The van der Waals surface area contributed by atoms with Gasteiger partial charge in [-0.1, -0.05) is 41.4 Å². The van der Waals surface area contributed by atoms with Gasteiger partial charge >= 0.3 is 0 Å². The van der Waals surface area contributed by atoms with Crippen LogP contribution in [0.5, 0.6) is 11.5 Å². The molecule has 0 radical (unpaired) electrons. The van der Waals surface area contributed by atoms with Crippen LogP contribution in [-0.4, -0.2) is 25.7 Å². The van der Waals surface area contributed by atoms with Crippen molar-refractivity contribution in [1.29, 1.82) is 0 Å². The molecule has 0 aliphatic carbocycles. The Balaban J connectivity index is 1.39. The summed E-state index contributed by atoms with van der Waals surface area (Å²) in [5.41, 5.74) is 1.35. The van der Waals surface area contributed by atoms with Crippen LogP contribution in [-0.2, 0) is 4.79 Å². The van der Waals surface area contributed by atoms with Crippen LogP contribution in [0.4, 0.5) is 11.4 Å². The summed E-state index contributed by atoms with van der Waals surface area (Å²) in [5, 5.41) is 6.72. The lowest BCUT2D eigenvalue weighted by atomic mass is 10.3. The van der Waals surface area contributed by atoms with E-state index in [1.54, 1.807) is 18.2 Å². The highest BCUT2D eigenvalue weighted by Crippen LogP contribution is 2.22. The third-order valence-electron chi connectivity index (χ3n) is 3.82. The maximum absolute atomic E-state index is 12.1. The first-order valence-corrected chi connectivity index (χ1v) is 9.74. The fraction of sp³-hybridized carbons (Fsp3) is 0.136. The number of hydrogen-bond acceptors (Lipinski definition) is 4. The summed E-state index contributed by atoms with van der Waals surface area (Å²) in [6.07, 6.45) is 0. The third kappa shape index (κ3) is 7.22. The van der Waals surface area contributed by atoms with E-state index in [9.17, 15) is 4.79 Å². The Bertz CT molecular complexity index is 914. The predicted molar refractivity (Wildman–Crippen MR) is 117 cm³/mol. The Labute approximate surface area is 179 Å². The third-order valence-corrected chi connectivity index (χ3v) is 4.25. The van der Waals surface area contributed by atoms with E-state index in [-0.39, 0.29) is 12.5 Å². The second kappa shape index (κ2) is 10.6. The number of benzene rings is 3. The quantitative estimate of drug-likeness (QED) is 0.439. The Kier molecular flexibility index (Phi) is 7.61. The van der Waals surface area contributed by atoms with Gasteiger partial charge in [0.05, 0.1) is 6.54 Å². The van der Waals surface area contributed by atoms with Gasteiger partial charge in [-0.05, 0) is 54.6 Å². The minimum atomic E-state index is -0.207. The van der Waals surface area contributed by atoms with Crippen LogP contribution >= 0.6 is 23.2 Å². The van der Waals surface area contributed by atoms with Gasteiger partial charge < -0.3 is 20.1 Å². The lowest BCUT2D eigenvalue weighted by molar-refractivity contribution is -0.114. The predicted octanol–water partition coefficient (Wildman–Crippen LogP) is 5.50. The van der Waals surface area contributed by atoms with E-state index in [0.717, 1.165) is 17.2 Å². The second-order valence-electron chi connectivity index (χ2n) is 6.09. The first-order valence-electron chi connectivity index (χ1n) is 8.99. The van der Waals surface area contributed by atoms with Crippen molar-refractivity contribution in [2.75, 3.05) is 30.4 Å². The van der Waals surface area contributed by atoms with Crippen LogP contribution in [0.3, 0.4) is 0 Å². The lowest BCUT2D eigenvalue weighted by Crippen LogP contribution is -2.21. The summed E-state index contributed by atoms with van der Waals surface area (Å²) < 4.78 is 11.2. The van der Waals surface area contributed by atoms with Gasteiger partial charge in [-0.25, -0.2) is 0 Å². The van der Waals surface area contributed by atoms with Crippen molar-refractivity contribution in [3.63, 3.8) is 0 Å². The van der Waals surface area contributed by atoms with Gasteiger partial charge in [0.25, 0.3) is 0 Å². The number of nitrogens with one attached hydrogen (secondary N) is 2.